The van der Waals surface area contributed by atoms with Gasteiger partial charge >= 0.3 is 0 Å². The molecular formula is C15H24N2O. The quantitative estimate of drug-likeness (QED) is 0.863. The van der Waals surface area contributed by atoms with E-state index in [1.54, 1.807) is 6.07 Å². The largest absolute Gasteiger partial charge is 0.508 e. The Labute approximate surface area is 110 Å². The molecule has 1 heterocycles. The van der Waals surface area contributed by atoms with Crippen LogP contribution >= 0.6 is 0 Å². The van der Waals surface area contributed by atoms with E-state index in [2.05, 4.69) is 30.3 Å². The Hall–Kier alpha value is -1.06. The molecular weight excluding hydrogens is 224 g/mol. The van der Waals surface area contributed by atoms with E-state index in [1.807, 2.05) is 12.1 Å². The number of rotatable bonds is 3. The highest BCUT2D eigenvalue weighted by atomic mass is 16.3. The Morgan fingerprint density at radius 2 is 2.17 bits per heavy atom. The van der Waals surface area contributed by atoms with Crippen LogP contribution in [-0.2, 0) is 0 Å². The van der Waals surface area contributed by atoms with Crippen LogP contribution in [0.4, 0.5) is 0 Å². The van der Waals surface area contributed by atoms with Crippen molar-refractivity contribution in [3.63, 3.8) is 0 Å². The van der Waals surface area contributed by atoms with Crippen LogP contribution < -0.4 is 5.32 Å². The molecule has 2 unspecified atom stereocenters. The number of aromatic hydroxyl groups is 1. The highest BCUT2D eigenvalue weighted by Crippen LogP contribution is 2.20. The molecule has 3 heteroatoms. The summed E-state index contributed by atoms with van der Waals surface area (Å²) in [5.74, 6) is 0.349. The van der Waals surface area contributed by atoms with Crippen molar-refractivity contribution in [3.05, 3.63) is 29.8 Å². The summed E-state index contributed by atoms with van der Waals surface area (Å²) in [6.07, 6.45) is 3.72. The van der Waals surface area contributed by atoms with Crippen molar-refractivity contribution in [3.8, 4) is 5.75 Å². The van der Waals surface area contributed by atoms with Crippen molar-refractivity contribution in [2.75, 3.05) is 20.1 Å². The minimum Gasteiger partial charge on any atom is -0.508 e. The molecule has 2 N–H and O–H groups in total. The van der Waals surface area contributed by atoms with E-state index in [-0.39, 0.29) is 0 Å². The van der Waals surface area contributed by atoms with E-state index < -0.39 is 0 Å². The topological polar surface area (TPSA) is 35.5 Å². The number of likely N-dealkylation sites (tertiary alicyclic amines) is 1. The normalized spacial score (nSPS) is 23.6. The molecule has 1 aromatic rings. The van der Waals surface area contributed by atoms with Crippen molar-refractivity contribution in [1.82, 2.24) is 10.2 Å². The van der Waals surface area contributed by atoms with E-state index in [0.717, 1.165) is 5.56 Å². The lowest BCUT2D eigenvalue weighted by Gasteiger charge is -2.22. The van der Waals surface area contributed by atoms with E-state index in [1.165, 1.54) is 32.4 Å². The van der Waals surface area contributed by atoms with Gasteiger partial charge in [-0.3, -0.25) is 0 Å². The summed E-state index contributed by atoms with van der Waals surface area (Å²) < 4.78 is 0. The molecule has 2 atom stereocenters. The molecule has 2 rings (SSSR count). The third-order valence-electron chi connectivity index (χ3n) is 3.81. The summed E-state index contributed by atoms with van der Waals surface area (Å²) in [7, 11) is 2.20. The van der Waals surface area contributed by atoms with Crippen molar-refractivity contribution in [1.29, 1.82) is 0 Å². The molecule has 0 spiro atoms. The predicted octanol–water partition coefficient (Wildman–Crippen LogP) is 2.53. The maximum atomic E-state index is 9.51. The molecule has 0 bridgehead atoms. The smallest absolute Gasteiger partial charge is 0.115 e. The predicted molar refractivity (Wildman–Crippen MR) is 74.8 cm³/mol. The Morgan fingerprint density at radius 3 is 2.94 bits per heavy atom. The van der Waals surface area contributed by atoms with Gasteiger partial charge in [-0.15, -0.1) is 0 Å². The highest BCUT2D eigenvalue weighted by molar-refractivity contribution is 5.29. The number of benzene rings is 1. The maximum Gasteiger partial charge on any atom is 0.115 e. The van der Waals surface area contributed by atoms with Gasteiger partial charge in [-0.25, -0.2) is 0 Å². The lowest BCUT2D eigenvalue weighted by atomic mass is 10.0. The first kappa shape index (κ1) is 13.4. The first-order valence-electron chi connectivity index (χ1n) is 6.88. The third kappa shape index (κ3) is 3.72. The van der Waals surface area contributed by atoms with Crippen molar-refractivity contribution in [2.24, 2.45) is 0 Å². The molecule has 1 aliphatic heterocycles. The van der Waals surface area contributed by atoms with Crippen LogP contribution in [0.25, 0.3) is 0 Å². The van der Waals surface area contributed by atoms with Gasteiger partial charge in [0.15, 0.2) is 0 Å². The molecule has 18 heavy (non-hydrogen) atoms. The van der Waals surface area contributed by atoms with Crippen LogP contribution in [0.3, 0.4) is 0 Å². The van der Waals surface area contributed by atoms with Gasteiger partial charge in [-0.2, -0.15) is 0 Å². The lowest BCUT2D eigenvalue weighted by molar-refractivity contribution is 0.340. The summed E-state index contributed by atoms with van der Waals surface area (Å²) in [6.45, 7) is 4.55. The molecule has 100 valence electrons. The number of hydrogen-bond donors (Lipinski definition) is 2. The second kappa shape index (κ2) is 6.21. The minimum atomic E-state index is 0.297. The van der Waals surface area contributed by atoms with Gasteiger partial charge in [0.1, 0.15) is 5.75 Å². The number of nitrogens with one attached hydrogen (secondary N) is 1. The van der Waals surface area contributed by atoms with Gasteiger partial charge in [0.25, 0.3) is 0 Å². The van der Waals surface area contributed by atoms with Gasteiger partial charge < -0.3 is 15.3 Å². The van der Waals surface area contributed by atoms with E-state index >= 15 is 0 Å². The molecule has 0 amide bonds. The monoisotopic (exact) mass is 248 g/mol. The van der Waals surface area contributed by atoms with Crippen molar-refractivity contribution >= 4 is 0 Å². The van der Waals surface area contributed by atoms with E-state index in [9.17, 15) is 5.11 Å². The van der Waals surface area contributed by atoms with Gasteiger partial charge in [-0.05, 0) is 64.0 Å². The molecule has 1 aliphatic rings. The molecule has 0 aliphatic carbocycles. The first-order valence-corrected chi connectivity index (χ1v) is 6.88. The van der Waals surface area contributed by atoms with Gasteiger partial charge in [-0.1, -0.05) is 12.1 Å². The standard InChI is InChI=1S/C15H24N2O/c1-12(13-5-3-7-15(18)11-13)16-14-6-4-9-17(2)10-8-14/h3,5,7,11-12,14,16,18H,4,6,8-10H2,1-2H3. The molecule has 0 saturated carbocycles. The fourth-order valence-corrected chi connectivity index (χ4v) is 2.65. The third-order valence-corrected chi connectivity index (χ3v) is 3.81. The summed E-state index contributed by atoms with van der Waals surface area (Å²) in [6, 6.07) is 8.43. The molecule has 1 aromatic carbocycles. The van der Waals surface area contributed by atoms with Crippen LogP contribution in [0.1, 0.15) is 37.8 Å². The van der Waals surface area contributed by atoms with Crippen molar-refractivity contribution in [2.45, 2.75) is 38.3 Å². The van der Waals surface area contributed by atoms with E-state index in [0.29, 0.717) is 17.8 Å². The average Bonchev–Trinajstić information content (AvgIpc) is 2.54. The average molecular weight is 248 g/mol. The Bertz CT molecular complexity index is 381. The summed E-state index contributed by atoms with van der Waals surface area (Å²) in [4.78, 5) is 2.40. The zero-order chi connectivity index (χ0) is 13.0. The number of phenols is 1. The second-order valence-corrected chi connectivity index (χ2v) is 5.41. The minimum absolute atomic E-state index is 0.297. The number of hydrogen-bond acceptors (Lipinski definition) is 3. The van der Waals surface area contributed by atoms with Crippen LogP contribution in [0.5, 0.6) is 5.75 Å². The Balaban J connectivity index is 1.92. The fraction of sp³-hybridized carbons (Fsp3) is 0.600. The van der Waals surface area contributed by atoms with E-state index in [4.69, 9.17) is 0 Å². The summed E-state index contributed by atoms with van der Waals surface area (Å²) in [5, 5.41) is 13.2. The lowest BCUT2D eigenvalue weighted by Crippen LogP contribution is -2.32. The molecule has 1 saturated heterocycles. The SMILES string of the molecule is CC(NC1CCCN(C)CC1)c1cccc(O)c1. The Kier molecular flexibility index (Phi) is 4.61. The zero-order valence-electron chi connectivity index (χ0n) is 11.4. The molecule has 0 radical (unpaired) electrons. The number of nitrogens with zero attached hydrogens (tertiary/aromatic N) is 1. The van der Waals surface area contributed by atoms with Crippen LogP contribution in [0.2, 0.25) is 0 Å². The summed E-state index contributed by atoms with van der Waals surface area (Å²) >= 11 is 0. The van der Waals surface area contributed by atoms with Crippen LogP contribution in [0, 0.1) is 0 Å². The molecule has 0 aromatic heterocycles. The maximum absolute atomic E-state index is 9.51. The second-order valence-electron chi connectivity index (χ2n) is 5.41. The van der Waals surface area contributed by atoms with Gasteiger partial charge in [0.2, 0.25) is 0 Å². The van der Waals surface area contributed by atoms with Crippen LogP contribution in [-0.4, -0.2) is 36.2 Å². The zero-order valence-corrected chi connectivity index (χ0v) is 11.4. The molecule has 1 fully saturated rings. The Morgan fingerprint density at radius 1 is 1.33 bits per heavy atom. The van der Waals surface area contributed by atoms with Gasteiger partial charge in [0, 0.05) is 12.1 Å². The van der Waals surface area contributed by atoms with Crippen molar-refractivity contribution < 1.29 is 5.11 Å². The highest BCUT2D eigenvalue weighted by Gasteiger charge is 2.17. The first-order chi connectivity index (χ1) is 8.65. The summed E-state index contributed by atoms with van der Waals surface area (Å²) in [5.41, 5.74) is 1.16. The van der Waals surface area contributed by atoms with Crippen LogP contribution in [0.15, 0.2) is 24.3 Å². The molecule has 3 nitrogen and oxygen atoms in total. The fourth-order valence-electron chi connectivity index (χ4n) is 2.65. The van der Waals surface area contributed by atoms with Gasteiger partial charge in [0.05, 0.1) is 0 Å². The number of phenolic OH excluding ortho intramolecular Hbond substituents is 1.